The minimum atomic E-state index is -0.907. The highest BCUT2D eigenvalue weighted by atomic mass is 16.6. The van der Waals surface area contributed by atoms with Crippen molar-refractivity contribution >= 4 is 18.0 Å². The van der Waals surface area contributed by atoms with E-state index in [1.54, 1.807) is 47.7 Å². The van der Waals surface area contributed by atoms with Gasteiger partial charge in [-0.15, -0.1) is 0 Å². The molecule has 2 atom stereocenters. The van der Waals surface area contributed by atoms with E-state index in [-0.39, 0.29) is 5.92 Å². The molecule has 2 N–H and O–H groups in total. The Hall–Kier alpha value is -3.41. The van der Waals surface area contributed by atoms with Crippen molar-refractivity contribution in [1.82, 2.24) is 30.7 Å². The lowest BCUT2D eigenvalue weighted by Gasteiger charge is -2.41. The number of ether oxygens (including phenoxy) is 2. The second kappa shape index (κ2) is 12.4. The lowest BCUT2D eigenvalue weighted by Crippen LogP contribution is -2.65. The summed E-state index contributed by atoms with van der Waals surface area (Å²) in [4.78, 5) is 39.3. The third-order valence-electron chi connectivity index (χ3n) is 7.22. The molecule has 0 bridgehead atoms. The molecule has 0 radical (unpaired) electrons. The number of aromatic nitrogens is 3. The van der Waals surface area contributed by atoms with Gasteiger partial charge < -0.3 is 29.5 Å². The molecule has 0 saturated carbocycles. The Bertz CT molecular complexity index is 1210. The summed E-state index contributed by atoms with van der Waals surface area (Å²) < 4.78 is 16.7. The number of nitrogens with zero attached hydrogens (tertiary/aromatic N) is 5. The molecule has 2 amide bonds. The number of hydrogen-bond donors (Lipinski definition) is 2. The van der Waals surface area contributed by atoms with Crippen LogP contribution in [0.25, 0.3) is 11.4 Å². The number of piperidine rings is 1. The number of pyridine rings is 1. The quantitative estimate of drug-likeness (QED) is 0.454. The highest BCUT2D eigenvalue weighted by Crippen LogP contribution is 2.31. The predicted octanol–water partition coefficient (Wildman–Crippen LogP) is 5.07. The van der Waals surface area contributed by atoms with Crippen molar-refractivity contribution in [3.8, 4) is 11.4 Å². The number of anilines is 1. The number of amides is 2. The fourth-order valence-corrected chi connectivity index (χ4v) is 5.35. The first-order valence-electron chi connectivity index (χ1n) is 14.9. The Balaban J connectivity index is 1.46. The summed E-state index contributed by atoms with van der Waals surface area (Å²) in [5, 5.41) is 10.1. The van der Waals surface area contributed by atoms with Crippen molar-refractivity contribution in [2.75, 3.05) is 31.1 Å². The van der Waals surface area contributed by atoms with E-state index >= 15 is 0 Å². The summed E-state index contributed by atoms with van der Waals surface area (Å²) in [6.07, 6.45) is 4.45. The normalized spacial score (nSPS) is 19.3. The van der Waals surface area contributed by atoms with Gasteiger partial charge in [0.05, 0.1) is 11.5 Å². The zero-order valence-corrected chi connectivity index (χ0v) is 26.3. The Morgan fingerprint density at radius 3 is 2.24 bits per heavy atom. The molecule has 0 aromatic carbocycles. The van der Waals surface area contributed by atoms with Gasteiger partial charge in [-0.2, -0.15) is 4.98 Å². The Labute approximate surface area is 248 Å². The van der Waals surface area contributed by atoms with Gasteiger partial charge >= 0.3 is 12.2 Å². The van der Waals surface area contributed by atoms with E-state index < -0.39 is 35.1 Å². The van der Waals surface area contributed by atoms with E-state index in [9.17, 15) is 9.59 Å². The van der Waals surface area contributed by atoms with Crippen molar-refractivity contribution < 1.29 is 23.6 Å². The third-order valence-corrected chi connectivity index (χ3v) is 7.22. The summed E-state index contributed by atoms with van der Waals surface area (Å²) in [6.45, 7) is 17.8. The minimum Gasteiger partial charge on any atom is -0.444 e. The number of likely N-dealkylation sites (tertiary alicyclic amines) is 1. The highest BCUT2D eigenvalue weighted by molar-refractivity contribution is 5.70. The van der Waals surface area contributed by atoms with Gasteiger partial charge in [0.1, 0.15) is 23.2 Å². The minimum absolute atomic E-state index is 0.0490. The molecular formula is C30H47N7O5. The van der Waals surface area contributed by atoms with Crippen LogP contribution in [0.3, 0.4) is 0 Å². The van der Waals surface area contributed by atoms with Crippen molar-refractivity contribution in [3.63, 3.8) is 0 Å². The molecule has 2 saturated heterocycles. The van der Waals surface area contributed by atoms with Crippen LogP contribution in [0.1, 0.15) is 92.9 Å². The van der Waals surface area contributed by atoms with Gasteiger partial charge in [-0.3, -0.25) is 4.90 Å². The molecular weight excluding hydrogens is 538 g/mol. The van der Waals surface area contributed by atoms with Crippen molar-refractivity contribution in [1.29, 1.82) is 0 Å². The first-order valence-corrected chi connectivity index (χ1v) is 14.9. The predicted molar refractivity (Wildman–Crippen MR) is 159 cm³/mol. The van der Waals surface area contributed by atoms with Crippen LogP contribution in [-0.4, -0.2) is 81.3 Å². The van der Waals surface area contributed by atoms with Crippen LogP contribution >= 0.6 is 0 Å². The molecule has 12 nitrogen and oxygen atoms in total. The maximum Gasteiger partial charge on any atom is 0.408 e. The number of hydrogen-bond acceptors (Lipinski definition) is 10. The molecule has 0 aliphatic carbocycles. The molecule has 2 aromatic rings. The van der Waals surface area contributed by atoms with Crippen molar-refractivity contribution in [2.45, 2.75) is 110 Å². The number of alkyl carbamates (subject to hydrolysis) is 2. The van der Waals surface area contributed by atoms with Crippen LogP contribution in [0, 0.1) is 0 Å². The van der Waals surface area contributed by atoms with E-state index in [1.165, 1.54) is 19.3 Å². The zero-order chi connectivity index (χ0) is 30.7. The zero-order valence-electron chi connectivity index (χ0n) is 26.3. The molecule has 232 valence electrons. The van der Waals surface area contributed by atoms with Gasteiger partial charge in [-0.05, 0) is 93.2 Å². The second-order valence-corrected chi connectivity index (χ2v) is 13.8. The third kappa shape index (κ3) is 8.56. The maximum atomic E-state index is 12.9. The average Bonchev–Trinajstić information content (AvgIpc) is 3.55. The highest BCUT2D eigenvalue weighted by Gasteiger charge is 2.42. The molecule has 4 heterocycles. The van der Waals surface area contributed by atoms with Gasteiger partial charge in [0.2, 0.25) is 11.7 Å². The summed E-state index contributed by atoms with van der Waals surface area (Å²) in [7, 11) is 0. The lowest BCUT2D eigenvalue weighted by molar-refractivity contribution is 0.0220. The van der Waals surface area contributed by atoms with Gasteiger partial charge in [0.25, 0.3) is 0 Å². The standard InChI is InChI=1S/C30H47N7O5/c1-28(2,3)40-26(38)33-25(30(7,8)34-27(39)41-29(4,5)6)37-17-14-21(19-37)24-32-23(35-42-24)20-12-13-22(31-18-20)36-15-10-9-11-16-36/h12-13,18,21,25H,9-11,14-17,19H2,1-8H3,(H,33,38)(H,34,39)/t21-,25?/m1/s1. The van der Waals surface area contributed by atoms with E-state index in [1.807, 2.05) is 26.0 Å². The molecule has 2 aromatic heterocycles. The number of rotatable bonds is 7. The first kappa shape index (κ1) is 31.5. The Morgan fingerprint density at radius 1 is 0.952 bits per heavy atom. The van der Waals surface area contributed by atoms with E-state index in [0.717, 1.165) is 30.9 Å². The topological polar surface area (TPSA) is 135 Å². The Kier molecular flexibility index (Phi) is 9.34. The molecule has 4 rings (SSSR count). The smallest absolute Gasteiger partial charge is 0.408 e. The van der Waals surface area contributed by atoms with Crippen LogP contribution < -0.4 is 15.5 Å². The SMILES string of the molecule is CC(C)(C)OC(=O)NC(N1CC[C@@H](c2nc(-c3ccc(N4CCCCC4)nc3)no2)C1)C(C)(C)NC(=O)OC(C)(C)C. The fourth-order valence-electron chi connectivity index (χ4n) is 5.35. The first-order chi connectivity index (χ1) is 19.6. The fraction of sp³-hybridized carbons (Fsp3) is 0.700. The molecule has 0 spiro atoms. The summed E-state index contributed by atoms with van der Waals surface area (Å²) in [5.41, 5.74) is -1.44. The number of nitrogens with one attached hydrogen (secondary N) is 2. The van der Waals surface area contributed by atoms with Crippen LogP contribution in [0.15, 0.2) is 22.9 Å². The lowest BCUT2D eigenvalue weighted by atomic mass is 10.00. The average molecular weight is 586 g/mol. The molecule has 42 heavy (non-hydrogen) atoms. The summed E-state index contributed by atoms with van der Waals surface area (Å²) in [6, 6.07) is 4.00. The van der Waals surface area contributed by atoms with Gasteiger partial charge in [0, 0.05) is 37.9 Å². The van der Waals surface area contributed by atoms with Crippen LogP contribution in [-0.2, 0) is 9.47 Å². The van der Waals surface area contributed by atoms with E-state index in [0.29, 0.717) is 24.8 Å². The Morgan fingerprint density at radius 2 is 1.62 bits per heavy atom. The summed E-state index contributed by atoms with van der Waals surface area (Å²) >= 11 is 0. The van der Waals surface area contributed by atoms with Crippen LogP contribution in [0.5, 0.6) is 0 Å². The molecule has 12 heteroatoms. The van der Waals surface area contributed by atoms with Crippen molar-refractivity contribution in [3.05, 3.63) is 24.2 Å². The maximum absolute atomic E-state index is 12.9. The molecule has 2 fully saturated rings. The molecule has 1 unspecified atom stereocenters. The van der Waals surface area contributed by atoms with Gasteiger partial charge in [-0.25, -0.2) is 14.6 Å². The van der Waals surface area contributed by atoms with Crippen LogP contribution in [0.4, 0.5) is 15.4 Å². The van der Waals surface area contributed by atoms with Gasteiger partial charge in [0.15, 0.2) is 0 Å². The van der Waals surface area contributed by atoms with E-state index in [2.05, 4.69) is 30.6 Å². The molecule has 2 aliphatic rings. The van der Waals surface area contributed by atoms with E-state index in [4.69, 9.17) is 19.0 Å². The van der Waals surface area contributed by atoms with Crippen molar-refractivity contribution in [2.24, 2.45) is 0 Å². The second-order valence-electron chi connectivity index (χ2n) is 13.8. The van der Waals surface area contributed by atoms with Crippen LogP contribution in [0.2, 0.25) is 0 Å². The molecule has 2 aliphatic heterocycles. The summed E-state index contributed by atoms with van der Waals surface area (Å²) in [5.74, 6) is 1.95. The largest absolute Gasteiger partial charge is 0.444 e. The van der Waals surface area contributed by atoms with Gasteiger partial charge in [-0.1, -0.05) is 5.16 Å². The monoisotopic (exact) mass is 585 g/mol. The number of carbonyl (C=O) groups is 2. The number of carbonyl (C=O) groups excluding carboxylic acids is 2.